The molecule has 3 N–H and O–H groups in total. The van der Waals surface area contributed by atoms with Crippen LogP contribution in [-0.2, 0) is 31.7 Å². The fourth-order valence-electron chi connectivity index (χ4n) is 1.28. The minimum absolute atomic E-state index is 0.0997. The summed E-state index contributed by atoms with van der Waals surface area (Å²) < 4.78 is 52.9. The lowest BCUT2D eigenvalue weighted by Gasteiger charge is -2.07. The Bertz CT molecular complexity index is 619. The molecule has 0 spiro atoms. The molecule has 0 aliphatic rings. The van der Waals surface area contributed by atoms with E-state index in [9.17, 15) is 21.9 Å². The van der Waals surface area contributed by atoms with E-state index < -0.39 is 36.5 Å². The number of hydrogen-bond donors (Lipinski definition) is 2. The molecule has 0 atom stereocenters. The van der Waals surface area contributed by atoms with E-state index in [2.05, 4.69) is 0 Å². The Kier molecular flexibility index (Phi) is 3.89. The van der Waals surface area contributed by atoms with Crippen molar-refractivity contribution in [3.63, 3.8) is 0 Å². The normalized spacial score (nSPS) is 12.6. The molecule has 1 aromatic carbocycles. The highest BCUT2D eigenvalue weighted by molar-refractivity contribution is 7.89. The molecule has 0 unspecified atom stereocenters. The van der Waals surface area contributed by atoms with Gasteiger partial charge in [-0.1, -0.05) is 6.07 Å². The zero-order valence-corrected chi connectivity index (χ0v) is 10.2. The maximum absolute atomic E-state index is 11.2. The van der Waals surface area contributed by atoms with Crippen LogP contribution < -0.4 is 5.14 Å². The summed E-state index contributed by atoms with van der Waals surface area (Å²) >= 11 is 0. The molecule has 7 nitrogen and oxygen atoms in total. The van der Waals surface area contributed by atoms with E-state index >= 15 is 0 Å². The minimum atomic E-state index is -4.52. The van der Waals surface area contributed by atoms with Gasteiger partial charge in [-0.25, -0.2) is 18.7 Å². The Morgan fingerprint density at radius 2 is 1.76 bits per heavy atom. The molecular formula is C8H10NO6S2. The lowest BCUT2D eigenvalue weighted by molar-refractivity contribution is 0.196. The molecule has 0 heterocycles. The SMILES string of the molecule is NS(=O)(=O)c1cc(S(=O)(=O)O)ccc1CC[O]. The van der Waals surface area contributed by atoms with Crippen molar-refractivity contribution in [1.29, 1.82) is 0 Å². The highest BCUT2D eigenvalue weighted by atomic mass is 32.2. The van der Waals surface area contributed by atoms with Crippen molar-refractivity contribution >= 4 is 20.1 Å². The maximum atomic E-state index is 11.2. The maximum Gasteiger partial charge on any atom is 0.294 e. The van der Waals surface area contributed by atoms with Crippen LogP contribution in [0.2, 0.25) is 0 Å². The molecule has 0 saturated carbocycles. The van der Waals surface area contributed by atoms with E-state index in [0.717, 1.165) is 18.2 Å². The van der Waals surface area contributed by atoms with E-state index in [1.807, 2.05) is 0 Å². The van der Waals surface area contributed by atoms with E-state index in [4.69, 9.17) is 9.69 Å². The smallest absolute Gasteiger partial charge is 0.282 e. The zero-order valence-electron chi connectivity index (χ0n) is 8.53. The number of nitrogens with two attached hydrogens (primary N) is 1. The van der Waals surface area contributed by atoms with Gasteiger partial charge in [0.25, 0.3) is 10.1 Å². The van der Waals surface area contributed by atoms with Crippen LogP contribution in [0.5, 0.6) is 0 Å². The minimum Gasteiger partial charge on any atom is -0.282 e. The molecule has 0 amide bonds. The first-order valence-corrected chi connectivity index (χ1v) is 7.36. The van der Waals surface area contributed by atoms with E-state index in [1.165, 1.54) is 0 Å². The van der Waals surface area contributed by atoms with Crippen molar-refractivity contribution in [2.45, 2.75) is 16.2 Å². The Hall–Kier alpha value is -1.00. The highest BCUT2D eigenvalue weighted by Crippen LogP contribution is 2.20. The van der Waals surface area contributed by atoms with Crippen LogP contribution in [0.1, 0.15) is 5.56 Å². The van der Waals surface area contributed by atoms with Gasteiger partial charge in [0.2, 0.25) is 10.0 Å². The molecule has 0 bridgehead atoms. The van der Waals surface area contributed by atoms with Crippen LogP contribution >= 0.6 is 0 Å². The van der Waals surface area contributed by atoms with Crippen molar-refractivity contribution in [2.24, 2.45) is 5.14 Å². The average Bonchev–Trinajstić information content (AvgIpc) is 2.15. The Morgan fingerprint density at radius 1 is 1.18 bits per heavy atom. The lowest BCUT2D eigenvalue weighted by atomic mass is 10.2. The first kappa shape index (κ1) is 14.1. The van der Waals surface area contributed by atoms with Gasteiger partial charge in [-0.2, -0.15) is 8.42 Å². The van der Waals surface area contributed by atoms with Gasteiger partial charge in [0.05, 0.1) is 16.4 Å². The fourth-order valence-corrected chi connectivity index (χ4v) is 2.68. The second-order valence-corrected chi connectivity index (χ2v) is 6.20. The Labute approximate surface area is 98.7 Å². The number of hydrogen-bond acceptors (Lipinski definition) is 4. The number of sulfonamides is 1. The highest BCUT2D eigenvalue weighted by Gasteiger charge is 2.18. The van der Waals surface area contributed by atoms with Gasteiger partial charge in [-0.05, 0) is 17.7 Å². The summed E-state index contributed by atoms with van der Waals surface area (Å²) in [4.78, 5) is -1.06. The quantitative estimate of drug-likeness (QED) is 0.720. The summed E-state index contributed by atoms with van der Waals surface area (Å²) in [5, 5.41) is 15.4. The molecule has 0 aromatic heterocycles. The fraction of sp³-hybridized carbons (Fsp3) is 0.250. The summed E-state index contributed by atoms with van der Waals surface area (Å²) in [6, 6.07) is 2.88. The van der Waals surface area contributed by atoms with Crippen molar-refractivity contribution in [1.82, 2.24) is 0 Å². The average molecular weight is 280 g/mol. The monoisotopic (exact) mass is 280 g/mol. The molecule has 9 heteroatoms. The van der Waals surface area contributed by atoms with Crippen molar-refractivity contribution in [3.05, 3.63) is 23.8 Å². The Balaban J connectivity index is 3.51. The summed E-state index contributed by atoms with van der Waals surface area (Å²) in [6.45, 7) is -0.562. The second kappa shape index (κ2) is 4.70. The molecule has 0 saturated heterocycles. The van der Waals surface area contributed by atoms with Gasteiger partial charge in [0.1, 0.15) is 0 Å². The molecule has 95 valence electrons. The number of benzene rings is 1. The topological polar surface area (TPSA) is 134 Å². The lowest BCUT2D eigenvalue weighted by Crippen LogP contribution is -2.16. The number of rotatable bonds is 4. The molecule has 0 fully saturated rings. The van der Waals surface area contributed by atoms with Crippen LogP contribution in [-0.4, -0.2) is 28.0 Å². The Morgan fingerprint density at radius 3 is 2.18 bits per heavy atom. The first-order chi connectivity index (χ1) is 7.66. The summed E-state index contributed by atoms with van der Waals surface area (Å²) in [6.07, 6.45) is -0.0997. The van der Waals surface area contributed by atoms with Crippen LogP contribution in [0, 0.1) is 0 Å². The first-order valence-electron chi connectivity index (χ1n) is 4.37. The predicted octanol–water partition coefficient (Wildman–Crippen LogP) is -0.446. The van der Waals surface area contributed by atoms with Gasteiger partial charge in [0, 0.05) is 6.42 Å². The molecule has 1 radical (unpaired) electrons. The molecule has 1 rings (SSSR count). The number of primary sulfonamides is 1. The third-order valence-corrected chi connectivity index (χ3v) is 3.86. The predicted molar refractivity (Wildman–Crippen MR) is 56.9 cm³/mol. The van der Waals surface area contributed by atoms with Gasteiger partial charge in [-0.15, -0.1) is 0 Å². The standard InChI is InChI=1S/C8H10NO6S2/c9-16(11,12)8-5-7(17(13,14)15)2-1-6(8)3-4-10/h1-2,5H,3-4H2,(H2,9,11,12)(H,13,14,15). The largest absolute Gasteiger partial charge is 0.294 e. The van der Waals surface area contributed by atoms with Crippen LogP contribution in [0.15, 0.2) is 28.0 Å². The van der Waals surface area contributed by atoms with Crippen LogP contribution in [0.25, 0.3) is 0 Å². The van der Waals surface area contributed by atoms with E-state index in [0.29, 0.717) is 0 Å². The summed E-state index contributed by atoms with van der Waals surface area (Å²) in [5.74, 6) is 0. The van der Waals surface area contributed by atoms with E-state index in [-0.39, 0.29) is 12.0 Å². The van der Waals surface area contributed by atoms with E-state index in [1.54, 1.807) is 0 Å². The molecule has 0 aliphatic carbocycles. The van der Waals surface area contributed by atoms with Gasteiger partial charge in [0.15, 0.2) is 0 Å². The second-order valence-electron chi connectivity index (χ2n) is 3.24. The summed E-state index contributed by atoms with van der Waals surface area (Å²) in [7, 11) is -8.67. The molecular weight excluding hydrogens is 270 g/mol. The third kappa shape index (κ3) is 3.48. The van der Waals surface area contributed by atoms with Gasteiger partial charge < -0.3 is 0 Å². The molecule has 0 aliphatic heterocycles. The van der Waals surface area contributed by atoms with Crippen LogP contribution in [0.4, 0.5) is 0 Å². The van der Waals surface area contributed by atoms with Crippen molar-refractivity contribution < 1.29 is 26.5 Å². The molecule has 17 heavy (non-hydrogen) atoms. The summed E-state index contributed by atoms with van der Waals surface area (Å²) in [5.41, 5.74) is 0.120. The van der Waals surface area contributed by atoms with Crippen molar-refractivity contribution in [3.8, 4) is 0 Å². The van der Waals surface area contributed by atoms with Gasteiger partial charge >= 0.3 is 0 Å². The van der Waals surface area contributed by atoms with Crippen molar-refractivity contribution in [2.75, 3.05) is 6.61 Å². The zero-order chi connectivity index (χ0) is 13.3. The van der Waals surface area contributed by atoms with Crippen LogP contribution in [0.3, 0.4) is 0 Å². The van der Waals surface area contributed by atoms with Gasteiger partial charge in [-0.3, -0.25) is 4.55 Å². The molecule has 1 aromatic rings. The third-order valence-electron chi connectivity index (χ3n) is 2.01.